The van der Waals surface area contributed by atoms with Crippen molar-refractivity contribution in [2.75, 3.05) is 5.32 Å². The number of carbonyl (C=O) groups is 2. The molecule has 6 nitrogen and oxygen atoms in total. The third-order valence-electron chi connectivity index (χ3n) is 3.65. The smallest absolute Gasteiger partial charge is 0.335 e. The highest BCUT2D eigenvalue weighted by Gasteiger charge is 2.12. The van der Waals surface area contributed by atoms with E-state index in [-0.39, 0.29) is 11.5 Å². The van der Waals surface area contributed by atoms with E-state index in [9.17, 15) is 9.59 Å². The fourth-order valence-electron chi connectivity index (χ4n) is 2.37. The van der Waals surface area contributed by atoms with Crippen LogP contribution in [0, 0.1) is 13.8 Å². The van der Waals surface area contributed by atoms with Gasteiger partial charge in [0.25, 0.3) is 0 Å². The van der Waals surface area contributed by atoms with Crippen LogP contribution >= 0.6 is 0 Å². The van der Waals surface area contributed by atoms with E-state index < -0.39 is 5.97 Å². The van der Waals surface area contributed by atoms with Gasteiger partial charge >= 0.3 is 5.97 Å². The molecule has 2 rings (SSSR count). The molecule has 1 amide bonds. The molecule has 0 aliphatic heterocycles. The lowest BCUT2D eigenvalue weighted by atomic mass is 10.1. The van der Waals surface area contributed by atoms with Crippen LogP contribution in [0.2, 0.25) is 0 Å². The number of amides is 1. The first-order valence-electron chi connectivity index (χ1n) is 7.00. The number of carboxylic acids is 1. The Morgan fingerprint density at radius 2 is 2.05 bits per heavy atom. The number of aromatic nitrogens is 2. The highest BCUT2D eigenvalue weighted by atomic mass is 16.4. The minimum absolute atomic E-state index is 0.148. The van der Waals surface area contributed by atoms with Gasteiger partial charge in [-0.05, 0) is 44.0 Å². The van der Waals surface area contributed by atoms with Gasteiger partial charge in [0.15, 0.2) is 0 Å². The van der Waals surface area contributed by atoms with Crippen molar-refractivity contribution < 1.29 is 14.7 Å². The number of hydrogen-bond acceptors (Lipinski definition) is 3. The van der Waals surface area contributed by atoms with Gasteiger partial charge in [-0.15, -0.1) is 0 Å². The average Bonchev–Trinajstić information content (AvgIpc) is 2.70. The predicted octanol–water partition coefficient (Wildman–Crippen LogP) is 2.31. The quantitative estimate of drug-likeness (QED) is 0.887. The third kappa shape index (κ3) is 3.52. The lowest BCUT2D eigenvalue weighted by molar-refractivity contribution is -0.116. The summed E-state index contributed by atoms with van der Waals surface area (Å²) in [6.45, 7) is 3.90. The first kappa shape index (κ1) is 15.8. The standard InChI is InChI=1S/C16H19N3O3/c1-10-14(11(2)19(3)18-10)7-8-15(20)17-13-6-4-5-12(9-13)16(21)22/h4-6,9H,7-8H2,1-3H3,(H,17,20)(H,21,22). The SMILES string of the molecule is Cc1nn(C)c(C)c1CCC(=O)Nc1cccc(C(=O)O)c1. The molecule has 0 saturated heterocycles. The molecule has 0 fully saturated rings. The molecule has 0 unspecified atom stereocenters. The summed E-state index contributed by atoms with van der Waals surface area (Å²) in [7, 11) is 1.88. The van der Waals surface area contributed by atoms with Gasteiger partial charge in [-0.1, -0.05) is 6.07 Å². The normalized spacial score (nSPS) is 10.5. The van der Waals surface area contributed by atoms with Crippen molar-refractivity contribution in [2.24, 2.45) is 7.05 Å². The van der Waals surface area contributed by atoms with E-state index in [1.54, 1.807) is 16.8 Å². The van der Waals surface area contributed by atoms with Crippen LogP contribution in [-0.2, 0) is 18.3 Å². The summed E-state index contributed by atoms with van der Waals surface area (Å²) in [5.74, 6) is -1.16. The van der Waals surface area contributed by atoms with Crippen LogP contribution in [0.25, 0.3) is 0 Å². The van der Waals surface area contributed by atoms with Crippen LogP contribution in [0.1, 0.15) is 33.7 Å². The zero-order chi connectivity index (χ0) is 16.3. The Labute approximate surface area is 128 Å². The first-order valence-corrected chi connectivity index (χ1v) is 7.00. The highest BCUT2D eigenvalue weighted by molar-refractivity contribution is 5.93. The van der Waals surface area contributed by atoms with E-state index in [1.807, 2.05) is 20.9 Å². The molecule has 1 heterocycles. The molecule has 1 aromatic carbocycles. The molecular weight excluding hydrogens is 282 g/mol. The maximum Gasteiger partial charge on any atom is 0.335 e. The molecule has 0 saturated carbocycles. The Kier molecular flexibility index (Phi) is 4.60. The van der Waals surface area contributed by atoms with Crippen LogP contribution < -0.4 is 5.32 Å². The lowest BCUT2D eigenvalue weighted by Gasteiger charge is -2.06. The van der Waals surface area contributed by atoms with E-state index in [2.05, 4.69) is 10.4 Å². The summed E-state index contributed by atoms with van der Waals surface area (Å²) >= 11 is 0. The maximum atomic E-state index is 12.0. The summed E-state index contributed by atoms with van der Waals surface area (Å²) in [6.07, 6.45) is 0.931. The van der Waals surface area contributed by atoms with Crippen molar-refractivity contribution in [1.82, 2.24) is 9.78 Å². The van der Waals surface area contributed by atoms with Gasteiger partial charge in [0.2, 0.25) is 5.91 Å². The first-order chi connectivity index (χ1) is 10.4. The van der Waals surface area contributed by atoms with Crippen LogP contribution in [0.5, 0.6) is 0 Å². The van der Waals surface area contributed by atoms with Crippen molar-refractivity contribution in [1.29, 1.82) is 0 Å². The number of rotatable bonds is 5. The molecule has 22 heavy (non-hydrogen) atoms. The maximum absolute atomic E-state index is 12.0. The van der Waals surface area contributed by atoms with Gasteiger partial charge < -0.3 is 10.4 Å². The summed E-state index contributed by atoms with van der Waals surface area (Å²) in [4.78, 5) is 22.9. The van der Waals surface area contributed by atoms with E-state index in [0.717, 1.165) is 17.0 Å². The summed E-state index contributed by atoms with van der Waals surface area (Å²) < 4.78 is 1.80. The molecule has 116 valence electrons. The highest BCUT2D eigenvalue weighted by Crippen LogP contribution is 2.15. The Hall–Kier alpha value is -2.63. The molecule has 2 N–H and O–H groups in total. The number of carboxylic acid groups (broad SMARTS) is 1. The van der Waals surface area contributed by atoms with Gasteiger partial charge in [0.05, 0.1) is 11.3 Å². The Bertz CT molecular complexity index is 719. The second-order valence-corrected chi connectivity index (χ2v) is 5.21. The molecular formula is C16H19N3O3. The molecule has 0 atom stereocenters. The zero-order valence-corrected chi connectivity index (χ0v) is 12.9. The lowest BCUT2D eigenvalue weighted by Crippen LogP contribution is -2.13. The summed E-state index contributed by atoms with van der Waals surface area (Å²) in [5.41, 5.74) is 3.71. The number of aromatic carboxylic acids is 1. The van der Waals surface area contributed by atoms with Crippen molar-refractivity contribution in [3.05, 3.63) is 46.8 Å². The molecule has 0 bridgehead atoms. The molecule has 1 aromatic heterocycles. The van der Waals surface area contributed by atoms with Gasteiger partial charge in [-0.3, -0.25) is 9.48 Å². The van der Waals surface area contributed by atoms with E-state index in [0.29, 0.717) is 18.5 Å². The van der Waals surface area contributed by atoms with E-state index >= 15 is 0 Å². The van der Waals surface area contributed by atoms with E-state index in [4.69, 9.17) is 5.11 Å². The number of hydrogen-bond donors (Lipinski definition) is 2. The van der Waals surface area contributed by atoms with Crippen LogP contribution in [0.4, 0.5) is 5.69 Å². The Morgan fingerprint density at radius 1 is 1.32 bits per heavy atom. The number of nitrogens with zero attached hydrogens (tertiary/aromatic N) is 2. The minimum atomic E-state index is -1.02. The van der Waals surface area contributed by atoms with Crippen LogP contribution in [-0.4, -0.2) is 26.8 Å². The Balaban J connectivity index is 1.99. The Morgan fingerprint density at radius 3 is 2.64 bits per heavy atom. The van der Waals surface area contributed by atoms with Gasteiger partial charge in [0, 0.05) is 24.8 Å². The third-order valence-corrected chi connectivity index (χ3v) is 3.65. The van der Waals surface area contributed by atoms with Crippen molar-refractivity contribution in [3.8, 4) is 0 Å². The van der Waals surface area contributed by atoms with Crippen molar-refractivity contribution in [3.63, 3.8) is 0 Å². The van der Waals surface area contributed by atoms with Crippen molar-refractivity contribution >= 4 is 17.6 Å². The second-order valence-electron chi connectivity index (χ2n) is 5.21. The van der Waals surface area contributed by atoms with E-state index in [1.165, 1.54) is 12.1 Å². The molecule has 2 aromatic rings. The zero-order valence-electron chi connectivity index (χ0n) is 12.9. The second kappa shape index (κ2) is 6.43. The number of anilines is 1. The average molecular weight is 301 g/mol. The van der Waals surface area contributed by atoms with Crippen molar-refractivity contribution in [2.45, 2.75) is 26.7 Å². The molecule has 0 aliphatic carbocycles. The minimum Gasteiger partial charge on any atom is -0.478 e. The van der Waals surface area contributed by atoms with Gasteiger partial charge in [-0.2, -0.15) is 5.10 Å². The largest absolute Gasteiger partial charge is 0.478 e. The van der Waals surface area contributed by atoms with Crippen LogP contribution in [0.3, 0.4) is 0 Å². The molecule has 0 aliphatic rings. The van der Waals surface area contributed by atoms with Crippen LogP contribution in [0.15, 0.2) is 24.3 Å². The molecule has 0 radical (unpaired) electrons. The summed E-state index contributed by atoms with van der Waals surface area (Å²) in [6, 6.07) is 6.21. The topological polar surface area (TPSA) is 84.2 Å². The summed E-state index contributed by atoms with van der Waals surface area (Å²) in [5, 5.41) is 16.0. The monoisotopic (exact) mass is 301 g/mol. The molecule has 0 spiro atoms. The fourth-order valence-corrected chi connectivity index (χ4v) is 2.37. The van der Waals surface area contributed by atoms with Gasteiger partial charge in [0.1, 0.15) is 0 Å². The number of nitrogens with one attached hydrogen (secondary N) is 1. The number of carbonyl (C=O) groups excluding carboxylic acids is 1. The molecule has 6 heteroatoms. The van der Waals surface area contributed by atoms with Gasteiger partial charge in [-0.25, -0.2) is 4.79 Å². The fraction of sp³-hybridized carbons (Fsp3) is 0.312. The number of aryl methyl sites for hydroxylation is 2. The predicted molar refractivity (Wildman–Crippen MR) is 83.0 cm³/mol. The number of benzene rings is 1.